The lowest BCUT2D eigenvalue weighted by Crippen LogP contribution is -3.00. The molecule has 0 radical (unpaired) electrons. The van der Waals surface area contributed by atoms with Gasteiger partial charge in [0.15, 0.2) is 0 Å². The summed E-state index contributed by atoms with van der Waals surface area (Å²) in [5.41, 5.74) is 2.45. The zero-order valence-electron chi connectivity index (χ0n) is 29.0. The van der Waals surface area contributed by atoms with E-state index in [0.717, 1.165) is 67.7 Å². The largest absolute Gasteiger partial charge is 1.00 e. The molecule has 1 heterocycles. The number of ether oxygens (including phenoxy) is 1. The van der Waals surface area contributed by atoms with Gasteiger partial charge in [0, 0.05) is 13.0 Å². The Morgan fingerprint density at radius 2 is 1.82 bits per heavy atom. The van der Waals surface area contributed by atoms with Gasteiger partial charge in [-0.15, -0.1) is 0 Å². The standard InChI is InChI=1S/C38H63N3O2.BrH/c1-28(2)12-11-13-29(3)33-16-17-34-32-15-14-30-26-31(18-20-37(30,4)35(32)19-21-38(33,34)5)43-36(42)39-22-9-7-8-10-23-41-25-24-40(6)27-41;/h14,24-25,27-29,31-35H,7-13,15-23,26H2,1-6H3;1H/t29-,31+,32+,33-,34+,35+,37+,38-;/m1./s1. The van der Waals surface area contributed by atoms with Gasteiger partial charge in [-0.3, -0.25) is 0 Å². The van der Waals surface area contributed by atoms with E-state index in [-0.39, 0.29) is 29.2 Å². The molecule has 4 aliphatic rings. The summed E-state index contributed by atoms with van der Waals surface area (Å²) >= 11 is 0. The predicted octanol–water partition coefficient (Wildman–Crippen LogP) is 6.01. The second-order valence-electron chi connectivity index (χ2n) is 16.2. The van der Waals surface area contributed by atoms with Gasteiger partial charge in [-0.25, -0.2) is 13.9 Å². The fourth-order valence-corrected chi connectivity index (χ4v) is 10.5. The van der Waals surface area contributed by atoms with Gasteiger partial charge in [-0.05, 0) is 111 Å². The van der Waals surface area contributed by atoms with Crippen LogP contribution in [-0.2, 0) is 18.3 Å². The zero-order chi connectivity index (χ0) is 30.6. The van der Waals surface area contributed by atoms with Crippen LogP contribution in [0.5, 0.6) is 0 Å². The molecule has 3 fully saturated rings. The van der Waals surface area contributed by atoms with E-state index in [1.165, 1.54) is 70.6 Å². The molecule has 0 spiro atoms. The van der Waals surface area contributed by atoms with Crippen LogP contribution in [0, 0.1) is 46.3 Å². The number of imidazole rings is 1. The molecule has 0 aromatic carbocycles. The Morgan fingerprint density at radius 3 is 2.57 bits per heavy atom. The van der Waals surface area contributed by atoms with Gasteiger partial charge < -0.3 is 27.0 Å². The molecular weight excluding hydrogens is 610 g/mol. The number of unbranched alkanes of at least 4 members (excludes halogenated alkanes) is 3. The first-order chi connectivity index (χ1) is 20.6. The summed E-state index contributed by atoms with van der Waals surface area (Å²) in [6.45, 7) is 14.4. The van der Waals surface area contributed by atoms with E-state index in [4.69, 9.17) is 4.74 Å². The number of carbonyl (C=O) groups is 1. The van der Waals surface area contributed by atoms with Crippen molar-refractivity contribution in [2.75, 3.05) is 6.54 Å². The summed E-state index contributed by atoms with van der Waals surface area (Å²) in [6, 6.07) is 0. The first-order valence-electron chi connectivity index (χ1n) is 18.2. The number of carbonyl (C=O) groups excluding carboxylic acids is 1. The third-order valence-corrected chi connectivity index (χ3v) is 13.0. The molecule has 3 saturated carbocycles. The van der Waals surface area contributed by atoms with Crippen LogP contribution >= 0.6 is 0 Å². The van der Waals surface area contributed by atoms with Crippen molar-refractivity contribution in [3.05, 3.63) is 30.4 Å². The number of halogens is 1. The van der Waals surface area contributed by atoms with Crippen LogP contribution in [0.3, 0.4) is 0 Å². The van der Waals surface area contributed by atoms with Crippen molar-refractivity contribution < 1.29 is 31.1 Å². The third kappa shape index (κ3) is 7.97. The van der Waals surface area contributed by atoms with E-state index < -0.39 is 0 Å². The summed E-state index contributed by atoms with van der Waals surface area (Å²) in [4.78, 5) is 12.6. The van der Waals surface area contributed by atoms with Crippen LogP contribution in [0.25, 0.3) is 0 Å². The first-order valence-corrected chi connectivity index (χ1v) is 18.2. The van der Waals surface area contributed by atoms with E-state index in [9.17, 15) is 4.79 Å². The Morgan fingerprint density at radius 1 is 1.02 bits per heavy atom. The molecule has 5 nitrogen and oxygen atoms in total. The molecule has 250 valence electrons. The Hall–Kier alpha value is -1.30. The summed E-state index contributed by atoms with van der Waals surface area (Å²) < 4.78 is 10.3. The maximum Gasteiger partial charge on any atom is 0.407 e. The lowest BCUT2D eigenvalue weighted by atomic mass is 9.47. The smallest absolute Gasteiger partial charge is 0.407 e. The molecule has 44 heavy (non-hydrogen) atoms. The number of hydrogen-bond acceptors (Lipinski definition) is 2. The number of allylic oxidation sites excluding steroid dienone is 1. The van der Waals surface area contributed by atoms with Gasteiger partial charge in [-0.1, -0.05) is 72.0 Å². The number of nitrogens with one attached hydrogen (secondary N) is 1. The van der Waals surface area contributed by atoms with Gasteiger partial charge in [0.25, 0.3) is 0 Å². The normalized spacial score (nSPS) is 33.4. The van der Waals surface area contributed by atoms with Crippen LogP contribution in [0.4, 0.5) is 4.79 Å². The van der Waals surface area contributed by atoms with E-state index >= 15 is 0 Å². The van der Waals surface area contributed by atoms with Crippen molar-refractivity contribution in [2.45, 2.75) is 144 Å². The SMILES string of the molecule is CC(C)CCC[C@@H](C)[C@H]1CC[C@H]2[C@@H]3CC=C4C[C@@H](OC(=O)NCCCCCCn5cc[n+](C)c5)CC[C@]4(C)[C@H]3CC[C@]12C.[Br-]. The van der Waals surface area contributed by atoms with Gasteiger partial charge in [-0.2, -0.15) is 0 Å². The molecule has 1 aromatic rings. The second kappa shape index (κ2) is 15.5. The van der Waals surface area contributed by atoms with Gasteiger partial charge >= 0.3 is 6.09 Å². The molecule has 0 aliphatic heterocycles. The second-order valence-corrected chi connectivity index (χ2v) is 16.2. The van der Waals surface area contributed by atoms with Crippen LogP contribution in [0.15, 0.2) is 30.4 Å². The summed E-state index contributed by atoms with van der Waals surface area (Å²) in [7, 11) is 2.06. The van der Waals surface area contributed by atoms with Crippen molar-refractivity contribution in [3.8, 4) is 0 Å². The third-order valence-electron chi connectivity index (χ3n) is 13.0. The molecule has 0 saturated heterocycles. The average Bonchev–Trinajstić information content (AvgIpc) is 3.54. The molecule has 5 rings (SSSR count). The maximum atomic E-state index is 12.6. The van der Waals surface area contributed by atoms with Crippen LogP contribution in [-0.4, -0.2) is 23.3 Å². The molecule has 0 bridgehead atoms. The topological polar surface area (TPSA) is 47.1 Å². The Labute approximate surface area is 280 Å². The molecule has 8 atom stereocenters. The first kappa shape index (κ1) is 35.6. The van der Waals surface area contributed by atoms with Crippen LogP contribution in [0.1, 0.15) is 131 Å². The van der Waals surface area contributed by atoms with E-state index in [1.54, 1.807) is 5.57 Å². The predicted molar refractivity (Wildman–Crippen MR) is 175 cm³/mol. The number of fused-ring (bicyclic) bond motifs is 5. The van der Waals surface area contributed by atoms with E-state index in [2.05, 4.69) is 80.9 Å². The molecular formula is C38H64BrN3O2. The minimum Gasteiger partial charge on any atom is -1.00 e. The Bertz CT molecular complexity index is 1100. The lowest BCUT2D eigenvalue weighted by molar-refractivity contribution is -0.671. The summed E-state index contributed by atoms with van der Waals surface area (Å²) in [6.07, 6.45) is 27.6. The lowest BCUT2D eigenvalue weighted by Gasteiger charge is -2.58. The Kier molecular flexibility index (Phi) is 12.5. The number of alkyl carbamates (subject to hydrolysis) is 1. The highest BCUT2D eigenvalue weighted by atomic mass is 79.9. The van der Waals surface area contributed by atoms with Gasteiger partial charge in [0.1, 0.15) is 18.5 Å². The molecule has 1 N–H and O–H groups in total. The van der Waals surface area contributed by atoms with Crippen molar-refractivity contribution >= 4 is 6.09 Å². The highest BCUT2D eigenvalue weighted by Gasteiger charge is 2.59. The number of amides is 1. The highest BCUT2D eigenvalue weighted by molar-refractivity contribution is 5.67. The molecule has 6 heteroatoms. The number of aromatic nitrogens is 2. The zero-order valence-corrected chi connectivity index (χ0v) is 30.5. The number of aryl methyl sites for hydroxylation is 2. The van der Waals surface area contributed by atoms with Crippen LogP contribution < -0.4 is 26.9 Å². The highest BCUT2D eigenvalue weighted by Crippen LogP contribution is 2.67. The fourth-order valence-electron chi connectivity index (χ4n) is 10.5. The van der Waals surface area contributed by atoms with Crippen LogP contribution in [0.2, 0.25) is 0 Å². The monoisotopic (exact) mass is 673 g/mol. The molecule has 1 amide bonds. The van der Waals surface area contributed by atoms with Crippen molar-refractivity contribution in [1.82, 2.24) is 9.88 Å². The molecule has 4 aliphatic carbocycles. The fraction of sp³-hybridized carbons (Fsp3) is 0.842. The molecule has 0 unspecified atom stereocenters. The number of hydrogen-bond donors (Lipinski definition) is 1. The minimum absolute atomic E-state index is 0. The summed E-state index contributed by atoms with van der Waals surface area (Å²) in [5.74, 6) is 5.18. The molecule has 1 aromatic heterocycles. The Balaban J connectivity index is 0.00000442. The minimum atomic E-state index is -0.212. The van der Waals surface area contributed by atoms with Gasteiger partial charge in [0.2, 0.25) is 6.33 Å². The van der Waals surface area contributed by atoms with Gasteiger partial charge in [0.05, 0.1) is 13.6 Å². The number of nitrogens with zero attached hydrogens (tertiary/aromatic N) is 2. The van der Waals surface area contributed by atoms with Crippen molar-refractivity contribution in [2.24, 2.45) is 53.4 Å². The number of rotatable bonds is 13. The van der Waals surface area contributed by atoms with Crippen molar-refractivity contribution in [1.29, 1.82) is 0 Å². The van der Waals surface area contributed by atoms with E-state index in [0.29, 0.717) is 17.4 Å². The quantitative estimate of drug-likeness (QED) is 0.158. The van der Waals surface area contributed by atoms with E-state index in [1.807, 2.05) is 0 Å². The summed E-state index contributed by atoms with van der Waals surface area (Å²) in [5, 5.41) is 3.04. The van der Waals surface area contributed by atoms with Crippen molar-refractivity contribution in [3.63, 3.8) is 0 Å². The maximum absolute atomic E-state index is 12.6. The average molecular weight is 675 g/mol.